The molecule has 1 aromatic heterocycles. The number of aromatic nitrogens is 1. The summed E-state index contributed by atoms with van der Waals surface area (Å²) < 4.78 is 5.54. The molecule has 0 spiro atoms. The molecule has 1 aliphatic heterocycles. The Morgan fingerprint density at radius 2 is 1.97 bits per heavy atom. The monoisotopic (exact) mass is 429 g/mol. The number of carbonyl (C=O) groups is 1. The van der Waals surface area contributed by atoms with Crippen LogP contribution in [0.5, 0.6) is 0 Å². The second kappa shape index (κ2) is 9.96. The van der Waals surface area contributed by atoms with E-state index in [-0.39, 0.29) is 12.3 Å². The lowest BCUT2D eigenvalue weighted by Crippen LogP contribution is -2.43. The fourth-order valence-corrected chi connectivity index (χ4v) is 4.21. The van der Waals surface area contributed by atoms with Crippen molar-refractivity contribution in [3.8, 4) is 11.1 Å². The van der Waals surface area contributed by atoms with Crippen molar-refractivity contribution in [3.63, 3.8) is 0 Å². The molecule has 32 heavy (non-hydrogen) atoms. The molecule has 2 aromatic carbocycles. The summed E-state index contributed by atoms with van der Waals surface area (Å²) in [5.41, 5.74) is 7.65. The average molecular weight is 430 g/mol. The van der Waals surface area contributed by atoms with Crippen molar-refractivity contribution in [2.75, 3.05) is 24.7 Å². The largest absolute Gasteiger partial charge is 0.377 e. The van der Waals surface area contributed by atoms with Gasteiger partial charge in [-0.05, 0) is 55.7 Å². The maximum absolute atomic E-state index is 12.4. The van der Waals surface area contributed by atoms with Gasteiger partial charge in [0.05, 0.1) is 19.6 Å². The van der Waals surface area contributed by atoms with Crippen LogP contribution in [0.3, 0.4) is 0 Å². The fraction of sp³-hybridized carbons (Fsp3) is 0.333. The lowest BCUT2D eigenvalue weighted by atomic mass is 10.0. The van der Waals surface area contributed by atoms with E-state index in [0.717, 1.165) is 47.7 Å². The van der Waals surface area contributed by atoms with Crippen molar-refractivity contribution in [2.45, 2.75) is 39.8 Å². The van der Waals surface area contributed by atoms with Gasteiger partial charge in [0.15, 0.2) is 0 Å². The molecule has 3 aromatic rings. The maximum Gasteiger partial charge on any atom is 0.226 e. The number of benzene rings is 2. The number of nitrogens with zero attached hydrogens (tertiary/aromatic N) is 2. The highest BCUT2D eigenvalue weighted by atomic mass is 16.5. The normalized spacial score (nSPS) is 16.1. The van der Waals surface area contributed by atoms with Crippen LogP contribution in [-0.4, -0.2) is 36.7 Å². The topological polar surface area (TPSA) is 54.5 Å². The zero-order valence-corrected chi connectivity index (χ0v) is 19.1. The number of anilines is 1. The van der Waals surface area contributed by atoms with Crippen LogP contribution in [0.1, 0.15) is 29.3 Å². The fourth-order valence-electron chi connectivity index (χ4n) is 4.21. The van der Waals surface area contributed by atoms with Gasteiger partial charge in [0.1, 0.15) is 0 Å². The Balaban J connectivity index is 1.39. The van der Waals surface area contributed by atoms with Gasteiger partial charge in [-0.2, -0.15) is 0 Å². The van der Waals surface area contributed by atoms with Crippen LogP contribution >= 0.6 is 0 Å². The lowest BCUT2D eigenvalue weighted by molar-refractivity contribution is -0.120. The third kappa shape index (κ3) is 5.35. The molecule has 0 aliphatic carbocycles. The molecule has 0 unspecified atom stereocenters. The molecule has 1 N–H and O–H groups in total. The predicted octanol–water partition coefficient (Wildman–Crippen LogP) is 4.45. The van der Waals surface area contributed by atoms with Crippen molar-refractivity contribution in [1.29, 1.82) is 0 Å². The molecule has 166 valence electrons. The summed E-state index contributed by atoms with van der Waals surface area (Å²) in [5.74, 6) is -0.0184. The Morgan fingerprint density at radius 1 is 1.16 bits per heavy atom. The third-order valence-corrected chi connectivity index (χ3v) is 5.96. The molecule has 2 heterocycles. The van der Waals surface area contributed by atoms with Crippen LogP contribution in [0.15, 0.2) is 60.8 Å². The van der Waals surface area contributed by atoms with Gasteiger partial charge in [-0.15, -0.1) is 0 Å². The molecule has 1 saturated heterocycles. The van der Waals surface area contributed by atoms with Crippen LogP contribution in [0.4, 0.5) is 5.69 Å². The van der Waals surface area contributed by atoms with E-state index in [1.165, 1.54) is 11.3 Å². The summed E-state index contributed by atoms with van der Waals surface area (Å²) >= 11 is 0. The van der Waals surface area contributed by atoms with Crippen LogP contribution in [0.2, 0.25) is 0 Å². The highest BCUT2D eigenvalue weighted by Crippen LogP contribution is 2.27. The molecular formula is C27H31N3O2. The average Bonchev–Trinajstić information content (AvgIpc) is 2.79. The first-order valence-electron chi connectivity index (χ1n) is 11.2. The number of aryl methyl sites for hydroxylation is 2. The molecule has 1 atom stereocenters. The van der Waals surface area contributed by atoms with Gasteiger partial charge in [0.25, 0.3) is 0 Å². The number of pyridine rings is 1. The van der Waals surface area contributed by atoms with Gasteiger partial charge < -0.3 is 15.0 Å². The first-order chi connectivity index (χ1) is 15.5. The van der Waals surface area contributed by atoms with Crippen LogP contribution in [-0.2, 0) is 22.5 Å². The van der Waals surface area contributed by atoms with E-state index >= 15 is 0 Å². The molecule has 4 rings (SSSR count). The number of carbonyl (C=O) groups excluding carboxylic acids is 1. The van der Waals surface area contributed by atoms with Crippen LogP contribution < -0.4 is 10.2 Å². The van der Waals surface area contributed by atoms with E-state index in [4.69, 9.17) is 4.74 Å². The van der Waals surface area contributed by atoms with Crippen molar-refractivity contribution in [1.82, 2.24) is 10.3 Å². The van der Waals surface area contributed by atoms with Gasteiger partial charge in [0, 0.05) is 42.3 Å². The Kier molecular flexibility index (Phi) is 6.86. The molecule has 0 saturated carbocycles. The van der Waals surface area contributed by atoms with Crippen molar-refractivity contribution in [3.05, 3.63) is 83.2 Å². The van der Waals surface area contributed by atoms with Gasteiger partial charge >= 0.3 is 0 Å². The summed E-state index contributed by atoms with van der Waals surface area (Å²) in [6.45, 7) is 9.31. The molecule has 1 aliphatic rings. The van der Waals surface area contributed by atoms with Gasteiger partial charge in [-0.25, -0.2) is 0 Å². The smallest absolute Gasteiger partial charge is 0.226 e. The second-order valence-electron chi connectivity index (χ2n) is 8.60. The number of ether oxygens (including phenoxy) is 1. The summed E-state index contributed by atoms with van der Waals surface area (Å²) in [7, 11) is 0. The van der Waals surface area contributed by atoms with Crippen LogP contribution in [0.25, 0.3) is 11.1 Å². The standard InChI is InChI=1S/C27H31N3O2/c1-19-5-4-6-22(13-19)16-29-27(31)15-24-14-20(2)26(17-28-24)23-7-9-25(10-8-23)30-11-12-32-18-21(30)3/h4-10,13-14,17,21H,11-12,15-16,18H2,1-3H3,(H,29,31)/t21-/m1/s1. The Labute approximate surface area is 190 Å². The highest BCUT2D eigenvalue weighted by Gasteiger charge is 2.19. The Hall–Kier alpha value is -3.18. The minimum atomic E-state index is -0.0184. The van der Waals surface area contributed by atoms with E-state index < -0.39 is 0 Å². The summed E-state index contributed by atoms with van der Waals surface area (Å²) in [6, 6.07) is 19.2. The molecule has 5 nitrogen and oxygen atoms in total. The van der Waals surface area contributed by atoms with Crippen molar-refractivity contribution < 1.29 is 9.53 Å². The first-order valence-corrected chi connectivity index (χ1v) is 11.2. The third-order valence-electron chi connectivity index (χ3n) is 5.96. The molecule has 5 heteroatoms. The molecule has 0 radical (unpaired) electrons. The Bertz CT molecular complexity index is 1080. The quantitative estimate of drug-likeness (QED) is 0.629. The number of hydrogen-bond acceptors (Lipinski definition) is 4. The van der Waals surface area contributed by atoms with Crippen molar-refractivity contribution >= 4 is 11.6 Å². The molecule has 0 bridgehead atoms. The Morgan fingerprint density at radius 3 is 2.69 bits per heavy atom. The number of nitrogens with one attached hydrogen (secondary N) is 1. The van der Waals surface area contributed by atoms with Gasteiger partial charge in [-0.1, -0.05) is 42.0 Å². The number of morpholine rings is 1. The minimum absolute atomic E-state index is 0.0184. The molecule has 1 amide bonds. The number of amides is 1. The van der Waals surface area contributed by atoms with E-state index in [0.29, 0.717) is 12.6 Å². The van der Waals surface area contributed by atoms with Gasteiger partial charge in [-0.3, -0.25) is 9.78 Å². The highest BCUT2D eigenvalue weighted by molar-refractivity contribution is 5.78. The van der Waals surface area contributed by atoms with E-state index in [9.17, 15) is 4.79 Å². The van der Waals surface area contributed by atoms with E-state index in [1.54, 1.807) is 0 Å². The summed E-state index contributed by atoms with van der Waals surface area (Å²) in [5, 5.41) is 2.99. The zero-order valence-electron chi connectivity index (χ0n) is 19.1. The maximum atomic E-state index is 12.4. The van der Waals surface area contributed by atoms with Gasteiger partial charge in [0.2, 0.25) is 5.91 Å². The molecular weight excluding hydrogens is 398 g/mol. The lowest BCUT2D eigenvalue weighted by Gasteiger charge is -2.35. The second-order valence-corrected chi connectivity index (χ2v) is 8.60. The molecule has 1 fully saturated rings. The summed E-state index contributed by atoms with van der Waals surface area (Å²) in [4.78, 5) is 19.3. The minimum Gasteiger partial charge on any atom is -0.377 e. The first kappa shape index (κ1) is 22.0. The predicted molar refractivity (Wildman–Crippen MR) is 129 cm³/mol. The van der Waals surface area contributed by atoms with Crippen molar-refractivity contribution in [2.24, 2.45) is 0 Å². The van der Waals surface area contributed by atoms with E-state index in [1.807, 2.05) is 24.4 Å². The SMILES string of the molecule is Cc1cccc(CNC(=O)Cc2cc(C)c(-c3ccc(N4CCOC[C@H]4C)cc3)cn2)c1. The summed E-state index contributed by atoms with van der Waals surface area (Å²) in [6.07, 6.45) is 2.16. The number of rotatable bonds is 6. The zero-order chi connectivity index (χ0) is 22.5. The van der Waals surface area contributed by atoms with E-state index in [2.05, 4.69) is 72.4 Å². The van der Waals surface area contributed by atoms with Crippen LogP contribution in [0, 0.1) is 13.8 Å². The number of hydrogen-bond donors (Lipinski definition) is 1.